The number of rotatable bonds is 0. The Labute approximate surface area is 47.1 Å². The minimum atomic E-state index is -0.157. The first-order chi connectivity index (χ1) is 3.72. The molecule has 0 aromatic carbocycles. The lowest BCUT2D eigenvalue weighted by molar-refractivity contribution is -0.295. The van der Waals surface area contributed by atoms with Crippen LogP contribution in [0.5, 0.6) is 0 Å². The topological polar surface area (TPSA) is 40.1 Å². The first kappa shape index (κ1) is 5.09. The van der Waals surface area contributed by atoms with Gasteiger partial charge in [0.05, 0.1) is 0 Å². The summed E-state index contributed by atoms with van der Waals surface area (Å²) in [5.41, 5.74) is 0.324. The molecule has 0 N–H and O–H groups in total. The molecule has 0 unspecified atom stereocenters. The van der Waals surface area contributed by atoms with Crippen LogP contribution in [0.1, 0.15) is 6.92 Å². The minimum Gasteiger partial charge on any atom is -0.872 e. The summed E-state index contributed by atoms with van der Waals surface area (Å²) in [4.78, 5) is 10.4. The fourth-order valence-electron chi connectivity index (χ4n) is 0.523. The maximum atomic E-state index is 10.4. The summed E-state index contributed by atoms with van der Waals surface area (Å²) in [5.74, 6) is -0.315. The van der Waals surface area contributed by atoms with E-state index in [0.29, 0.717) is 5.57 Å². The summed E-state index contributed by atoms with van der Waals surface area (Å²) in [6, 6.07) is 0. The van der Waals surface area contributed by atoms with Crippen molar-refractivity contribution in [1.82, 2.24) is 0 Å². The maximum Gasteiger partial charge on any atom is 0.180 e. The van der Waals surface area contributed by atoms with Gasteiger partial charge in [-0.1, -0.05) is 6.08 Å². The van der Waals surface area contributed by atoms with Crippen LogP contribution < -0.4 is 5.11 Å². The summed E-state index contributed by atoms with van der Waals surface area (Å²) in [6.07, 6.45) is 2.58. The molecule has 2 nitrogen and oxygen atoms in total. The smallest absolute Gasteiger partial charge is 0.180 e. The number of ketones is 1. The highest BCUT2D eigenvalue weighted by atomic mass is 16.3. The molecule has 8 heavy (non-hydrogen) atoms. The lowest BCUT2D eigenvalue weighted by Crippen LogP contribution is -2.02. The van der Waals surface area contributed by atoms with Crippen LogP contribution >= 0.6 is 0 Å². The predicted octanol–water partition coefficient (Wildman–Crippen LogP) is -0.240. The standard InChI is InChI=1S/C6H6O2/c1-4-5(7)2-3-6(4)8/h2-3,7H,1H3/p-1. The lowest BCUT2D eigenvalue weighted by Gasteiger charge is -2.01. The van der Waals surface area contributed by atoms with Crippen LogP contribution in [-0.2, 0) is 4.79 Å². The average molecular weight is 109 g/mol. The van der Waals surface area contributed by atoms with Crippen molar-refractivity contribution in [2.75, 3.05) is 0 Å². The molecule has 1 rings (SSSR count). The Hall–Kier alpha value is -1.05. The molecular formula is C6H5O2-. The van der Waals surface area contributed by atoms with Crippen molar-refractivity contribution in [3.05, 3.63) is 23.5 Å². The second-order valence-corrected chi connectivity index (χ2v) is 1.69. The normalized spacial score (nSPS) is 18.4. The SMILES string of the molecule is CC1=C([O-])C=CC1=O. The van der Waals surface area contributed by atoms with Crippen LogP contribution in [0.25, 0.3) is 0 Å². The largest absolute Gasteiger partial charge is 0.872 e. The van der Waals surface area contributed by atoms with Gasteiger partial charge in [0.25, 0.3) is 0 Å². The summed E-state index contributed by atoms with van der Waals surface area (Å²) < 4.78 is 0. The Balaban J connectivity index is 3.02. The predicted molar refractivity (Wildman–Crippen MR) is 26.8 cm³/mol. The highest BCUT2D eigenvalue weighted by molar-refractivity contribution is 6.06. The molecule has 0 amide bonds. The van der Waals surface area contributed by atoms with E-state index < -0.39 is 0 Å². The van der Waals surface area contributed by atoms with Gasteiger partial charge in [0, 0.05) is 0 Å². The van der Waals surface area contributed by atoms with Gasteiger partial charge >= 0.3 is 0 Å². The number of hydrogen-bond donors (Lipinski definition) is 0. The fraction of sp³-hybridized carbons (Fsp3) is 0.167. The monoisotopic (exact) mass is 109 g/mol. The third-order valence-corrected chi connectivity index (χ3v) is 1.13. The van der Waals surface area contributed by atoms with E-state index in [-0.39, 0.29) is 11.5 Å². The molecule has 0 atom stereocenters. The Morgan fingerprint density at radius 1 is 1.50 bits per heavy atom. The third-order valence-electron chi connectivity index (χ3n) is 1.13. The second kappa shape index (κ2) is 1.47. The van der Waals surface area contributed by atoms with Crippen molar-refractivity contribution in [2.45, 2.75) is 6.92 Å². The summed E-state index contributed by atoms with van der Waals surface area (Å²) in [6.45, 7) is 1.53. The van der Waals surface area contributed by atoms with Crippen molar-refractivity contribution < 1.29 is 9.90 Å². The molecule has 2 heteroatoms. The second-order valence-electron chi connectivity index (χ2n) is 1.69. The van der Waals surface area contributed by atoms with E-state index in [1.807, 2.05) is 0 Å². The number of carbonyl (C=O) groups is 1. The molecular weight excluding hydrogens is 104 g/mol. The Morgan fingerprint density at radius 2 is 2.12 bits per heavy atom. The zero-order chi connectivity index (χ0) is 6.15. The molecule has 0 aliphatic heterocycles. The van der Waals surface area contributed by atoms with Gasteiger partial charge < -0.3 is 5.11 Å². The lowest BCUT2D eigenvalue weighted by atomic mass is 10.2. The number of hydrogen-bond acceptors (Lipinski definition) is 2. The number of carbonyl (C=O) groups excluding carboxylic acids is 1. The average Bonchev–Trinajstić information content (AvgIpc) is 1.98. The van der Waals surface area contributed by atoms with Crippen molar-refractivity contribution in [3.8, 4) is 0 Å². The van der Waals surface area contributed by atoms with Gasteiger partial charge in [-0.25, -0.2) is 0 Å². The van der Waals surface area contributed by atoms with Gasteiger partial charge in [0.2, 0.25) is 0 Å². The van der Waals surface area contributed by atoms with E-state index in [2.05, 4.69) is 0 Å². The third kappa shape index (κ3) is 0.541. The van der Waals surface area contributed by atoms with Gasteiger partial charge in [0.1, 0.15) is 0 Å². The molecule has 0 aromatic heterocycles. The van der Waals surface area contributed by atoms with E-state index in [4.69, 9.17) is 0 Å². The molecule has 1 aliphatic rings. The first-order valence-electron chi connectivity index (χ1n) is 2.32. The molecule has 0 fully saturated rings. The van der Waals surface area contributed by atoms with Crippen LogP contribution in [-0.4, -0.2) is 5.78 Å². The summed E-state index contributed by atoms with van der Waals surface area (Å²) in [5, 5.41) is 10.4. The van der Waals surface area contributed by atoms with Gasteiger partial charge in [-0.2, -0.15) is 0 Å². The van der Waals surface area contributed by atoms with Gasteiger partial charge in [0.15, 0.2) is 5.78 Å². The molecule has 0 saturated carbocycles. The molecule has 1 aliphatic carbocycles. The van der Waals surface area contributed by atoms with Crippen molar-refractivity contribution in [2.24, 2.45) is 0 Å². The maximum absolute atomic E-state index is 10.4. The molecule has 0 spiro atoms. The fourth-order valence-corrected chi connectivity index (χ4v) is 0.523. The highest BCUT2D eigenvalue weighted by Gasteiger charge is 2.03. The van der Waals surface area contributed by atoms with Crippen LogP contribution in [0.2, 0.25) is 0 Å². The van der Waals surface area contributed by atoms with Gasteiger partial charge in [-0.15, -0.1) is 5.76 Å². The van der Waals surface area contributed by atoms with Crippen molar-refractivity contribution >= 4 is 5.78 Å². The molecule has 0 heterocycles. The molecule has 0 saturated heterocycles. The van der Waals surface area contributed by atoms with Crippen LogP contribution in [0.3, 0.4) is 0 Å². The molecule has 42 valence electrons. The van der Waals surface area contributed by atoms with Gasteiger partial charge in [-0.05, 0) is 18.6 Å². The zero-order valence-corrected chi connectivity index (χ0v) is 4.47. The van der Waals surface area contributed by atoms with Crippen LogP contribution in [0.4, 0.5) is 0 Å². The van der Waals surface area contributed by atoms with E-state index in [9.17, 15) is 9.90 Å². The Bertz CT molecular complexity index is 183. The Morgan fingerprint density at radius 3 is 2.25 bits per heavy atom. The van der Waals surface area contributed by atoms with E-state index in [0.717, 1.165) is 0 Å². The van der Waals surface area contributed by atoms with Gasteiger partial charge in [-0.3, -0.25) is 4.79 Å². The minimum absolute atomic E-state index is 0.157. The number of allylic oxidation sites excluding steroid dienone is 3. The highest BCUT2D eigenvalue weighted by Crippen LogP contribution is 2.08. The molecule has 0 aromatic rings. The van der Waals surface area contributed by atoms with E-state index >= 15 is 0 Å². The Kier molecular flexibility index (Phi) is 0.938. The van der Waals surface area contributed by atoms with E-state index in [1.54, 1.807) is 0 Å². The zero-order valence-electron chi connectivity index (χ0n) is 4.47. The first-order valence-corrected chi connectivity index (χ1v) is 2.32. The van der Waals surface area contributed by atoms with Crippen LogP contribution in [0.15, 0.2) is 23.5 Å². The summed E-state index contributed by atoms with van der Waals surface area (Å²) >= 11 is 0. The quantitative estimate of drug-likeness (QED) is 0.430. The van der Waals surface area contributed by atoms with Crippen molar-refractivity contribution in [3.63, 3.8) is 0 Å². The van der Waals surface area contributed by atoms with Crippen LogP contribution in [0, 0.1) is 0 Å². The molecule has 0 bridgehead atoms. The summed E-state index contributed by atoms with van der Waals surface area (Å²) in [7, 11) is 0. The van der Waals surface area contributed by atoms with Crippen molar-refractivity contribution in [1.29, 1.82) is 0 Å². The van der Waals surface area contributed by atoms with E-state index in [1.165, 1.54) is 19.1 Å². The molecule has 0 radical (unpaired) electrons.